The van der Waals surface area contributed by atoms with Gasteiger partial charge in [-0.05, 0) is 18.4 Å². The summed E-state index contributed by atoms with van der Waals surface area (Å²) in [6.45, 7) is 5.29. The summed E-state index contributed by atoms with van der Waals surface area (Å²) in [6.07, 6.45) is 1.91. The van der Waals surface area contributed by atoms with Gasteiger partial charge >= 0.3 is 0 Å². The smallest absolute Gasteiger partial charge is 0.239 e. The minimum atomic E-state index is -0.341. The lowest BCUT2D eigenvalue weighted by Crippen LogP contribution is -2.42. The van der Waals surface area contributed by atoms with Crippen LogP contribution in [0.5, 0.6) is 0 Å². The molecule has 122 valence electrons. The number of hydrogen-bond acceptors (Lipinski definition) is 3. The molecular weight excluding hydrogens is 278 g/mol. The predicted molar refractivity (Wildman–Crippen MR) is 88.2 cm³/mol. The summed E-state index contributed by atoms with van der Waals surface area (Å²) in [5.41, 5.74) is 7.03. The molecule has 0 saturated heterocycles. The van der Waals surface area contributed by atoms with Crippen LogP contribution >= 0.6 is 0 Å². The van der Waals surface area contributed by atoms with Crippen molar-refractivity contribution in [2.45, 2.75) is 39.2 Å². The zero-order valence-corrected chi connectivity index (χ0v) is 13.5. The lowest BCUT2D eigenvalue weighted by molar-refractivity contribution is -0.136. The largest absolute Gasteiger partial charge is 0.355 e. The summed E-state index contributed by atoms with van der Waals surface area (Å²) in [7, 11) is 0. The number of nitrogens with one attached hydrogen (secondary N) is 1. The lowest BCUT2D eigenvalue weighted by Gasteiger charge is -2.23. The van der Waals surface area contributed by atoms with E-state index in [9.17, 15) is 9.59 Å². The predicted octanol–water partition coefficient (Wildman–Crippen LogP) is 1.84. The van der Waals surface area contributed by atoms with Crippen LogP contribution in [-0.4, -0.2) is 36.3 Å². The molecule has 0 bridgehead atoms. The molecule has 1 aromatic rings. The van der Waals surface area contributed by atoms with Crippen molar-refractivity contribution >= 4 is 11.8 Å². The number of rotatable bonds is 9. The van der Waals surface area contributed by atoms with E-state index in [2.05, 4.69) is 5.32 Å². The number of benzene rings is 1. The van der Waals surface area contributed by atoms with Crippen molar-refractivity contribution in [3.8, 4) is 0 Å². The highest BCUT2D eigenvalue weighted by molar-refractivity contribution is 5.85. The van der Waals surface area contributed by atoms with Crippen molar-refractivity contribution in [1.29, 1.82) is 0 Å². The molecule has 22 heavy (non-hydrogen) atoms. The number of amides is 2. The molecule has 3 N–H and O–H groups in total. The van der Waals surface area contributed by atoms with Gasteiger partial charge in [0.2, 0.25) is 11.8 Å². The van der Waals surface area contributed by atoms with E-state index >= 15 is 0 Å². The molecule has 2 amide bonds. The van der Waals surface area contributed by atoms with Gasteiger partial charge in [0, 0.05) is 25.6 Å². The Labute approximate surface area is 132 Å². The quantitative estimate of drug-likeness (QED) is 0.731. The molecule has 1 rings (SSSR count). The van der Waals surface area contributed by atoms with E-state index in [1.54, 1.807) is 4.90 Å². The third-order valence-electron chi connectivity index (χ3n) is 3.38. The third kappa shape index (κ3) is 6.26. The second-order valence-corrected chi connectivity index (χ2v) is 5.39. The Bertz CT molecular complexity index is 462. The fourth-order valence-electron chi connectivity index (χ4n) is 2.19. The second-order valence-electron chi connectivity index (χ2n) is 5.39. The van der Waals surface area contributed by atoms with Crippen molar-refractivity contribution in [3.63, 3.8) is 0 Å². The molecular formula is C17H27N3O2. The van der Waals surface area contributed by atoms with Gasteiger partial charge in [-0.2, -0.15) is 0 Å². The van der Waals surface area contributed by atoms with Crippen LogP contribution in [0.2, 0.25) is 0 Å². The average molecular weight is 305 g/mol. The fourth-order valence-corrected chi connectivity index (χ4v) is 2.19. The first-order chi connectivity index (χ1) is 10.6. The van der Waals surface area contributed by atoms with E-state index in [0.717, 1.165) is 18.4 Å². The molecule has 5 nitrogen and oxygen atoms in total. The average Bonchev–Trinajstić information content (AvgIpc) is 2.53. The summed E-state index contributed by atoms with van der Waals surface area (Å²) in [6, 6.07) is 9.21. The molecule has 5 heteroatoms. The fraction of sp³-hybridized carbons (Fsp3) is 0.529. The van der Waals surface area contributed by atoms with Gasteiger partial charge in [0.25, 0.3) is 0 Å². The zero-order chi connectivity index (χ0) is 16.4. The van der Waals surface area contributed by atoms with Crippen LogP contribution < -0.4 is 11.1 Å². The molecule has 1 aromatic carbocycles. The second kappa shape index (κ2) is 9.95. The first-order valence-electron chi connectivity index (χ1n) is 7.93. The standard InChI is InChI=1S/C17H27N3O2/c1-3-10-19-16(21)13-20(11-4-2)17(22)12-15(18)14-8-6-5-7-9-14/h5-9,15H,3-4,10-13,18H2,1-2H3,(H,19,21). The summed E-state index contributed by atoms with van der Waals surface area (Å²) < 4.78 is 0. The SMILES string of the molecule is CCCNC(=O)CN(CCC)C(=O)CC(N)c1ccccc1. The Morgan fingerprint density at radius 2 is 1.86 bits per heavy atom. The first kappa shape index (κ1) is 18.2. The van der Waals surface area contributed by atoms with Gasteiger partial charge in [0.15, 0.2) is 0 Å². The van der Waals surface area contributed by atoms with Gasteiger partial charge in [-0.3, -0.25) is 9.59 Å². The molecule has 0 aliphatic rings. The Morgan fingerprint density at radius 3 is 2.45 bits per heavy atom. The van der Waals surface area contributed by atoms with E-state index < -0.39 is 0 Å². The maximum atomic E-state index is 12.4. The van der Waals surface area contributed by atoms with E-state index in [0.29, 0.717) is 13.1 Å². The Kier molecular flexibility index (Phi) is 8.22. The lowest BCUT2D eigenvalue weighted by atomic mass is 10.0. The summed E-state index contributed by atoms with van der Waals surface area (Å²) >= 11 is 0. The van der Waals surface area contributed by atoms with Crippen LogP contribution in [0.25, 0.3) is 0 Å². The molecule has 1 unspecified atom stereocenters. The summed E-state index contributed by atoms with van der Waals surface area (Å²) in [5.74, 6) is -0.193. The Balaban J connectivity index is 2.59. The molecule has 0 radical (unpaired) electrons. The van der Waals surface area contributed by atoms with E-state index in [4.69, 9.17) is 5.73 Å². The van der Waals surface area contributed by atoms with Crippen LogP contribution in [0, 0.1) is 0 Å². The van der Waals surface area contributed by atoms with Gasteiger partial charge in [0.1, 0.15) is 0 Å². The topological polar surface area (TPSA) is 75.4 Å². The summed E-state index contributed by atoms with van der Waals surface area (Å²) in [5, 5.41) is 2.80. The first-order valence-corrected chi connectivity index (χ1v) is 7.93. The van der Waals surface area contributed by atoms with Gasteiger partial charge in [0.05, 0.1) is 6.54 Å². The number of hydrogen-bond donors (Lipinski definition) is 2. The van der Waals surface area contributed by atoms with Crippen LogP contribution in [0.1, 0.15) is 44.7 Å². The Morgan fingerprint density at radius 1 is 1.18 bits per heavy atom. The highest BCUT2D eigenvalue weighted by atomic mass is 16.2. The molecule has 1 atom stereocenters. The zero-order valence-electron chi connectivity index (χ0n) is 13.5. The maximum Gasteiger partial charge on any atom is 0.239 e. The highest BCUT2D eigenvalue weighted by Gasteiger charge is 2.19. The molecule has 0 heterocycles. The number of carbonyl (C=O) groups is 2. The van der Waals surface area contributed by atoms with E-state index in [-0.39, 0.29) is 30.8 Å². The van der Waals surface area contributed by atoms with Crippen LogP contribution in [0.3, 0.4) is 0 Å². The van der Waals surface area contributed by atoms with Crippen LogP contribution in [0.15, 0.2) is 30.3 Å². The van der Waals surface area contributed by atoms with Crippen molar-refractivity contribution in [2.75, 3.05) is 19.6 Å². The summed E-state index contributed by atoms with van der Waals surface area (Å²) in [4.78, 5) is 25.8. The van der Waals surface area contributed by atoms with Gasteiger partial charge < -0.3 is 16.0 Å². The van der Waals surface area contributed by atoms with E-state index in [1.807, 2.05) is 44.2 Å². The van der Waals surface area contributed by atoms with Crippen LogP contribution in [-0.2, 0) is 9.59 Å². The molecule has 0 fully saturated rings. The molecule has 0 aromatic heterocycles. The molecule has 0 aliphatic heterocycles. The van der Waals surface area contributed by atoms with Crippen molar-refractivity contribution in [1.82, 2.24) is 10.2 Å². The van der Waals surface area contributed by atoms with E-state index in [1.165, 1.54) is 0 Å². The van der Waals surface area contributed by atoms with Gasteiger partial charge in [-0.25, -0.2) is 0 Å². The van der Waals surface area contributed by atoms with Gasteiger partial charge in [-0.15, -0.1) is 0 Å². The highest BCUT2D eigenvalue weighted by Crippen LogP contribution is 2.14. The van der Waals surface area contributed by atoms with Crippen molar-refractivity contribution < 1.29 is 9.59 Å². The van der Waals surface area contributed by atoms with Crippen LogP contribution in [0.4, 0.5) is 0 Å². The maximum absolute atomic E-state index is 12.4. The number of nitrogens with zero attached hydrogens (tertiary/aromatic N) is 1. The number of carbonyl (C=O) groups excluding carboxylic acids is 2. The van der Waals surface area contributed by atoms with Gasteiger partial charge in [-0.1, -0.05) is 44.2 Å². The van der Waals surface area contributed by atoms with Crippen molar-refractivity contribution in [3.05, 3.63) is 35.9 Å². The van der Waals surface area contributed by atoms with Crippen molar-refractivity contribution in [2.24, 2.45) is 5.73 Å². The third-order valence-corrected chi connectivity index (χ3v) is 3.38. The minimum absolute atomic E-state index is 0.0788. The Hall–Kier alpha value is -1.88. The molecule has 0 aliphatic carbocycles. The minimum Gasteiger partial charge on any atom is -0.355 e. The molecule has 0 spiro atoms. The monoisotopic (exact) mass is 305 g/mol. The normalized spacial score (nSPS) is 11.8. The number of nitrogens with two attached hydrogens (primary N) is 1. The molecule has 0 saturated carbocycles.